The molecule has 10 heteroatoms. The van der Waals surface area contributed by atoms with Crippen LogP contribution >= 0.6 is 0 Å². The first kappa shape index (κ1) is 23.6. The standard InChI is InChI=1S/C23H29FN4O4S/c24-20-3-5-21(6-4-20)27-13-11-26(12-14-27)10-9-25-23(29)19-1-7-22(8-2-19)33(30,31)28-15-17-32-18-16-28/h1-8H,9-18H2,(H,25,29). The number of nitrogens with one attached hydrogen (secondary N) is 1. The zero-order valence-electron chi connectivity index (χ0n) is 18.5. The average molecular weight is 477 g/mol. The van der Waals surface area contributed by atoms with E-state index in [1.54, 1.807) is 24.3 Å². The predicted molar refractivity (Wildman–Crippen MR) is 123 cm³/mol. The molecule has 4 rings (SSSR count). The van der Waals surface area contributed by atoms with Crippen LogP contribution in [0.4, 0.5) is 10.1 Å². The second kappa shape index (κ2) is 10.6. The zero-order chi connectivity index (χ0) is 23.3. The van der Waals surface area contributed by atoms with Crippen molar-refractivity contribution in [1.82, 2.24) is 14.5 Å². The first-order valence-corrected chi connectivity index (χ1v) is 12.6. The van der Waals surface area contributed by atoms with E-state index in [2.05, 4.69) is 15.1 Å². The lowest BCUT2D eigenvalue weighted by Gasteiger charge is -2.36. The van der Waals surface area contributed by atoms with Gasteiger partial charge in [-0.1, -0.05) is 0 Å². The summed E-state index contributed by atoms with van der Waals surface area (Å²) in [5.74, 6) is -0.461. The first-order chi connectivity index (χ1) is 15.9. The fourth-order valence-electron chi connectivity index (χ4n) is 4.03. The van der Waals surface area contributed by atoms with Crippen LogP contribution in [0.25, 0.3) is 0 Å². The van der Waals surface area contributed by atoms with Gasteiger partial charge in [-0.25, -0.2) is 12.8 Å². The highest BCUT2D eigenvalue weighted by Crippen LogP contribution is 2.18. The van der Waals surface area contributed by atoms with Gasteiger partial charge in [-0.05, 0) is 48.5 Å². The molecule has 0 bridgehead atoms. The van der Waals surface area contributed by atoms with Crippen LogP contribution in [0, 0.1) is 5.82 Å². The molecule has 0 radical (unpaired) electrons. The summed E-state index contributed by atoms with van der Waals surface area (Å²) in [6, 6.07) is 12.6. The van der Waals surface area contributed by atoms with E-state index in [0.29, 0.717) is 38.4 Å². The van der Waals surface area contributed by atoms with Crippen molar-refractivity contribution >= 4 is 21.6 Å². The van der Waals surface area contributed by atoms with Gasteiger partial charge < -0.3 is 15.0 Å². The minimum atomic E-state index is -3.57. The Hall–Kier alpha value is -2.53. The van der Waals surface area contributed by atoms with Gasteiger partial charge in [0, 0.05) is 63.6 Å². The van der Waals surface area contributed by atoms with Crippen LogP contribution in [0.15, 0.2) is 53.4 Å². The Morgan fingerprint density at radius 2 is 1.55 bits per heavy atom. The number of rotatable bonds is 7. The lowest BCUT2D eigenvalue weighted by atomic mass is 10.2. The van der Waals surface area contributed by atoms with Crippen molar-refractivity contribution in [2.45, 2.75) is 4.90 Å². The minimum absolute atomic E-state index is 0.181. The summed E-state index contributed by atoms with van der Waals surface area (Å²) in [7, 11) is -3.57. The Morgan fingerprint density at radius 1 is 0.909 bits per heavy atom. The van der Waals surface area contributed by atoms with E-state index in [9.17, 15) is 17.6 Å². The summed E-state index contributed by atoms with van der Waals surface area (Å²) < 4.78 is 45.1. The number of benzene rings is 2. The fourth-order valence-corrected chi connectivity index (χ4v) is 5.43. The molecule has 0 unspecified atom stereocenters. The Balaban J connectivity index is 1.22. The summed E-state index contributed by atoms with van der Waals surface area (Å²) in [4.78, 5) is 17.1. The van der Waals surface area contributed by atoms with Crippen molar-refractivity contribution < 1.29 is 22.3 Å². The van der Waals surface area contributed by atoms with Gasteiger partial charge in [-0.15, -0.1) is 0 Å². The SMILES string of the molecule is O=C(NCCN1CCN(c2ccc(F)cc2)CC1)c1ccc(S(=O)(=O)N2CCOCC2)cc1. The molecule has 1 amide bonds. The lowest BCUT2D eigenvalue weighted by molar-refractivity contribution is 0.0730. The highest BCUT2D eigenvalue weighted by Gasteiger charge is 2.26. The van der Waals surface area contributed by atoms with E-state index < -0.39 is 10.0 Å². The molecule has 2 aliphatic heterocycles. The molecule has 1 N–H and O–H groups in total. The van der Waals surface area contributed by atoms with E-state index in [0.717, 1.165) is 38.4 Å². The highest BCUT2D eigenvalue weighted by molar-refractivity contribution is 7.89. The molecule has 2 saturated heterocycles. The maximum Gasteiger partial charge on any atom is 0.251 e. The number of anilines is 1. The second-order valence-corrected chi connectivity index (χ2v) is 10.0. The third kappa shape index (κ3) is 5.89. The van der Waals surface area contributed by atoms with E-state index >= 15 is 0 Å². The molecule has 2 aromatic rings. The Kier molecular flexibility index (Phi) is 7.59. The molecule has 0 spiro atoms. The van der Waals surface area contributed by atoms with Crippen LogP contribution in [0.5, 0.6) is 0 Å². The summed E-state index contributed by atoms with van der Waals surface area (Å²) in [6.07, 6.45) is 0. The van der Waals surface area contributed by atoms with Gasteiger partial charge >= 0.3 is 0 Å². The van der Waals surface area contributed by atoms with E-state index in [1.165, 1.54) is 28.6 Å². The number of amides is 1. The van der Waals surface area contributed by atoms with Crippen LogP contribution in [0.2, 0.25) is 0 Å². The largest absolute Gasteiger partial charge is 0.379 e. The molecule has 0 aliphatic carbocycles. The Bertz CT molecular complexity index is 1030. The third-order valence-electron chi connectivity index (χ3n) is 6.00. The predicted octanol–water partition coefficient (Wildman–Crippen LogP) is 1.40. The minimum Gasteiger partial charge on any atom is -0.379 e. The van der Waals surface area contributed by atoms with Crippen LogP contribution in [0.1, 0.15) is 10.4 Å². The molecule has 0 saturated carbocycles. The molecule has 2 aromatic carbocycles. The quantitative estimate of drug-likeness (QED) is 0.651. The number of halogens is 1. The average Bonchev–Trinajstić information content (AvgIpc) is 2.85. The number of carbonyl (C=O) groups excluding carboxylic acids is 1. The molecule has 2 aliphatic rings. The van der Waals surface area contributed by atoms with Crippen molar-refractivity contribution in [1.29, 1.82) is 0 Å². The molecule has 8 nitrogen and oxygen atoms in total. The molecule has 178 valence electrons. The normalized spacial score (nSPS) is 18.3. The number of carbonyl (C=O) groups is 1. The molecule has 0 aromatic heterocycles. The number of hydrogen-bond donors (Lipinski definition) is 1. The summed E-state index contributed by atoms with van der Waals surface area (Å²) in [5.41, 5.74) is 1.44. The summed E-state index contributed by atoms with van der Waals surface area (Å²) in [5, 5.41) is 2.90. The first-order valence-electron chi connectivity index (χ1n) is 11.1. The van der Waals surface area contributed by atoms with Gasteiger partial charge in [0.2, 0.25) is 10.0 Å². The van der Waals surface area contributed by atoms with Crippen LogP contribution in [-0.4, -0.2) is 89.1 Å². The topological polar surface area (TPSA) is 82.2 Å². The van der Waals surface area contributed by atoms with Crippen LogP contribution < -0.4 is 10.2 Å². The van der Waals surface area contributed by atoms with Gasteiger partial charge in [-0.3, -0.25) is 9.69 Å². The molecule has 2 fully saturated rings. The maximum absolute atomic E-state index is 13.1. The maximum atomic E-state index is 13.1. The van der Waals surface area contributed by atoms with Crippen molar-refractivity contribution in [3.05, 3.63) is 59.9 Å². The summed E-state index contributed by atoms with van der Waals surface area (Å²) >= 11 is 0. The third-order valence-corrected chi connectivity index (χ3v) is 7.91. The second-order valence-electron chi connectivity index (χ2n) is 8.10. The van der Waals surface area contributed by atoms with E-state index in [-0.39, 0.29) is 16.6 Å². The van der Waals surface area contributed by atoms with Gasteiger partial charge in [-0.2, -0.15) is 4.31 Å². The van der Waals surface area contributed by atoms with Gasteiger partial charge in [0.15, 0.2) is 0 Å². The number of nitrogens with zero attached hydrogens (tertiary/aromatic N) is 3. The Labute approximate surface area is 194 Å². The van der Waals surface area contributed by atoms with Crippen molar-refractivity contribution in [2.24, 2.45) is 0 Å². The van der Waals surface area contributed by atoms with Crippen molar-refractivity contribution in [3.63, 3.8) is 0 Å². The smallest absolute Gasteiger partial charge is 0.251 e. The molecular formula is C23H29FN4O4S. The number of ether oxygens (including phenoxy) is 1. The van der Waals surface area contributed by atoms with Gasteiger partial charge in [0.1, 0.15) is 5.82 Å². The van der Waals surface area contributed by atoms with Crippen LogP contribution in [-0.2, 0) is 14.8 Å². The number of sulfonamides is 1. The summed E-state index contributed by atoms with van der Waals surface area (Å²) in [6.45, 7) is 6.10. The highest BCUT2D eigenvalue weighted by atomic mass is 32.2. The van der Waals surface area contributed by atoms with Crippen molar-refractivity contribution in [2.75, 3.05) is 70.5 Å². The number of piperazine rings is 1. The molecule has 0 atom stereocenters. The number of hydrogen-bond acceptors (Lipinski definition) is 6. The molecular weight excluding hydrogens is 447 g/mol. The monoisotopic (exact) mass is 476 g/mol. The lowest BCUT2D eigenvalue weighted by Crippen LogP contribution is -2.48. The molecule has 33 heavy (non-hydrogen) atoms. The van der Waals surface area contributed by atoms with Gasteiger partial charge in [0.25, 0.3) is 5.91 Å². The van der Waals surface area contributed by atoms with E-state index in [4.69, 9.17) is 4.74 Å². The molecule has 2 heterocycles. The fraction of sp³-hybridized carbons (Fsp3) is 0.435. The number of morpholine rings is 1. The van der Waals surface area contributed by atoms with Gasteiger partial charge in [0.05, 0.1) is 18.1 Å². The zero-order valence-corrected chi connectivity index (χ0v) is 19.3. The Morgan fingerprint density at radius 3 is 2.18 bits per heavy atom. The van der Waals surface area contributed by atoms with Crippen molar-refractivity contribution in [3.8, 4) is 0 Å². The van der Waals surface area contributed by atoms with Crippen LogP contribution in [0.3, 0.4) is 0 Å². The van der Waals surface area contributed by atoms with E-state index in [1.807, 2.05) is 0 Å².